The molecule has 0 aliphatic carbocycles. The van der Waals surface area contributed by atoms with Crippen LogP contribution in [0, 0.1) is 0 Å². The van der Waals surface area contributed by atoms with Gasteiger partial charge < -0.3 is 20.1 Å². The summed E-state index contributed by atoms with van der Waals surface area (Å²) < 4.78 is 5.79. The van der Waals surface area contributed by atoms with Gasteiger partial charge in [0.15, 0.2) is 0 Å². The summed E-state index contributed by atoms with van der Waals surface area (Å²) in [6.45, 7) is 10.6. The summed E-state index contributed by atoms with van der Waals surface area (Å²) in [5, 5.41) is 14.3. The maximum absolute atomic E-state index is 12.4. The van der Waals surface area contributed by atoms with Crippen molar-refractivity contribution in [1.29, 1.82) is 0 Å². The molecule has 3 amide bonds. The first-order valence-corrected chi connectivity index (χ1v) is 13.5. The van der Waals surface area contributed by atoms with Gasteiger partial charge in [0, 0.05) is 44.6 Å². The predicted octanol–water partition coefficient (Wildman–Crippen LogP) is 1.60. The zero-order valence-electron chi connectivity index (χ0n) is 23.1. The van der Waals surface area contributed by atoms with Crippen LogP contribution in [-0.2, 0) is 15.0 Å². The van der Waals surface area contributed by atoms with Crippen LogP contribution in [-0.4, -0.2) is 89.0 Å². The molecule has 214 valence electrons. The molecule has 2 fully saturated rings. The maximum atomic E-state index is 12.4. The number of carbonyl (C=O) groups excluding carboxylic acids is 3. The highest BCUT2D eigenvalue weighted by molar-refractivity contribution is 6.03. The van der Waals surface area contributed by atoms with Gasteiger partial charge in [-0.2, -0.15) is 0 Å². The third-order valence-electron chi connectivity index (χ3n) is 6.92. The number of nitrogens with one attached hydrogen (secondary N) is 2. The van der Waals surface area contributed by atoms with Crippen LogP contribution in [0.3, 0.4) is 0 Å². The van der Waals surface area contributed by atoms with Gasteiger partial charge in [-0.15, -0.1) is 0 Å². The normalized spacial score (nSPS) is 18.3. The molecule has 2 aliphatic heterocycles. The Bertz CT molecular complexity index is 1250. The van der Waals surface area contributed by atoms with Crippen LogP contribution in [0.2, 0.25) is 0 Å². The van der Waals surface area contributed by atoms with Crippen molar-refractivity contribution < 1.29 is 29.0 Å². The van der Waals surface area contributed by atoms with Crippen molar-refractivity contribution in [2.45, 2.75) is 51.5 Å². The van der Waals surface area contributed by atoms with Crippen LogP contribution in [0.4, 0.5) is 5.82 Å². The van der Waals surface area contributed by atoms with Crippen LogP contribution < -0.4 is 20.3 Å². The van der Waals surface area contributed by atoms with Gasteiger partial charge in [-0.3, -0.25) is 24.6 Å². The molecule has 3 N–H and O–H groups in total. The summed E-state index contributed by atoms with van der Waals surface area (Å²) in [4.78, 5) is 60.5. The maximum Gasteiger partial charge on any atom is 0.337 e. The van der Waals surface area contributed by atoms with E-state index >= 15 is 0 Å². The number of nitrogens with zero attached hydrogens (tertiary/aromatic N) is 4. The molecular formula is C28H36N6O6. The number of hydrogen-bond donors (Lipinski definition) is 3. The van der Waals surface area contributed by atoms with Crippen molar-refractivity contribution in [3.05, 3.63) is 47.4 Å². The monoisotopic (exact) mass is 552 g/mol. The first-order valence-electron chi connectivity index (χ1n) is 13.5. The summed E-state index contributed by atoms with van der Waals surface area (Å²) in [5.41, 5.74) is 0.630. The second-order valence-corrected chi connectivity index (χ2v) is 11.0. The number of piperidine rings is 1. The Balaban J connectivity index is 1.18. The van der Waals surface area contributed by atoms with Gasteiger partial charge in [0.1, 0.15) is 23.3 Å². The van der Waals surface area contributed by atoms with Crippen LogP contribution in [0.1, 0.15) is 66.6 Å². The predicted molar refractivity (Wildman–Crippen MR) is 147 cm³/mol. The summed E-state index contributed by atoms with van der Waals surface area (Å²) in [6, 6.07) is 5.90. The van der Waals surface area contributed by atoms with Gasteiger partial charge >= 0.3 is 5.97 Å². The second-order valence-electron chi connectivity index (χ2n) is 11.0. The van der Waals surface area contributed by atoms with E-state index in [1.165, 1.54) is 12.3 Å². The number of anilines is 1. The molecule has 2 aromatic rings. The molecule has 2 aliphatic rings. The molecule has 0 radical (unpaired) electrons. The van der Waals surface area contributed by atoms with E-state index in [0.717, 1.165) is 45.0 Å². The first kappa shape index (κ1) is 28.9. The van der Waals surface area contributed by atoms with Crippen molar-refractivity contribution in [3.8, 4) is 5.75 Å². The minimum Gasteiger partial charge on any atom is -0.492 e. The molecule has 1 atom stereocenters. The zero-order chi connectivity index (χ0) is 28.9. The number of ether oxygens (including phenoxy) is 1. The number of aromatic nitrogens is 2. The zero-order valence-corrected chi connectivity index (χ0v) is 23.1. The Labute approximate surface area is 233 Å². The third-order valence-corrected chi connectivity index (χ3v) is 6.92. The van der Waals surface area contributed by atoms with Crippen molar-refractivity contribution in [2.75, 3.05) is 44.2 Å². The molecule has 0 saturated carbocycles. The Morgan fingerprint density at radius 3 is 2.50 bits per heavy atom. The number of carbonyl (C=O) groups is 4. The Morgan fingerprint density at radius 2 is 1.88 bits per heavy atom. The SMILES string of the molecule is CC(C)(C)c1nc(N2CCN(CCCOc3ccc(C(=O)NC4CCC(=O)NC4=O)nc3)CC2)ccc1C(=O)O. The molecule has 12 heteroatoms. The van der Waals surface area contributed by atoms with Gasteiger partial charge in [0.2, 0.25) is 11.8 Å². The fourth-order valence-corrected chi connectivity index (χ4v) is 4.71. The molecule has 1 unspecified atom stereocenters. The van der Waals surface area contributed by atoms with E-state index in [4.69, 9.17) is 9.72 Å². The van der Waals surface area contributed by atoms with Crippen molar-refractivity contribution in [3.63, 3.8) is 0 Å². The molecule has 40 heavy (non-hydrogen) atoms. The minimum atomic E-state index is -0.960. The fraction of sp³-hybridized carbons (Fsp3) is 0.500. The smallest absolute Gasteiger partial charge is 0.337 e. The molecule has 12 nitrogen and oxygen atoms in total. The van der Waals surface area contributed by atoms with Crippen LogP contribution >= 0.6 is 0 Å². The lowest BCUT2D eigenvalue weighted by molar-refractivity contribution is -0.134. The minimum absolute atomic E-state index is 0.164. The fourth-order valence-electron chi connectivity index (χ4n) is 4.71. The third kappa shape index (κ3) is 7.32. The average Bonchev–Trinajstić information content (AvgIpc) is 2.92. The largest absolute Gasteiger partial charge is 0.492 e. The highest BCUT2D eigenvalue weighted by Crippen LogP contribution is 2.27. The number of rotatable bonds is 9. The number of carboxylic acid groups (broad SMARTS) is 1. The van der Waals surface area contributed by atoms with Crippen molar-refractivity contribution in [2.24, 2.45) is 0 Å². The summed E-state index contributed by atoms with van der Waals surface area (Å²) in [5.74, 6) is -0.936. The molecule has 2 saturated heterocycles. The number of pyridine rings is 2. The van der Waals surface area contributed by atoms with E-state index in [1.54, 1.807) is 18.2 Å². The molecule has 0 aromatic carbocycles. The highest BCUT2D eigenvalue weighted by Gasteiger charge is 2.29. The van der Waals surface area contributed by atoms with Crippen molar-refractivity contribution in [1.82, 2.24) is 25.5 Å². The molecule has 0 bridgehead atoms. The molecule has 4 heterocycles. The van der Waals surface area contributed by atoms with Gasteiger partial charge in [0.25, 0.3) is 5.91 Å². The first-order chi connectivity index (χ1) is 19.0. The molecular weight excluding hydrogens is 516 g/mol. The second kappa shape index (κ2) is 12.4. The number of aromatic carboxylic acids is 1. The average molecular weight is 553 g/mol. The topological polar surface area (TPSA) is 154 Å². The van der Waals surface area contributed by atoms with E-state index in [1.807, 2.05) is 20.8 Å². The lowest BCUT2D eigenvalue weighted by Crippen LogP contribution is -2.52. The van der Waals surface area contributed by atoms with Crippen molar-refractivity contribution >= 4 is 29.5 Å². The van der Waals surface area contributed by atoms with E-state index in [0.29, 0.717) is 18.1 Å². The molecule has 2 aromatic heterocycles. The summed E-state index contributed by atoms with van der Waals surface area (Å²) in [6.07, 6.45) is 2.75. The molecule has 4 rings (SSSR count). The lowest BCUT2D eigenvalue weighted by Gasteiger charge is -2.36. The highest BCUT2D eigenvalue weighted by atomic mass is 16.5. The van der Waals surface area contributed by atoms with Gasteiger partial charge in [-0.1, -0.05) is 20.8 Å². The van der Waals surface area contributed by atoms with Crippen LogP contribution in [0.15, 0.2) is 30.5 Å². The Morgan fingerprint density at radius 1 is 1.12 bits per heavy atom. The van der Waals surface area contributed by atoms with E-state index in [9.17, 15) is 24.3 Å². The quantitative estimate of drug-likeness (QED) is 0.309. The number of imide groups is 1. The number of hydrogen-bond acceptors (Lipinski definition) is 9. The van der Waals surface area contributed by atoms with E-state index in [2.05, 4.69) is 25.4 Å². The Kier molecular flexibility index (Phi) is 8.98. The number of amides is 3. The van der Waals surface area contributed by atoms with Gasteiger partial charge in [0.05, 0.1) is 24.1 Å². The van der Waals surface area contributed by atoms with Crippen LogP contribution in [0.5, 0.6) is 5.75 Å². The van der Waals surface area contributed by atoms with E-state index < -0.39 is 23.8 Å². The van der Waals surface area contributed by atoms with Crippen LogP contribution in [0.25, 0.3) is 0 Å². The summed E-state index contributed by atoms with van der Waals surface area (Å²) >= 11 is 0. The number of piperazine rings is 1. The lowest BCUT2D eigenvalue weighted by atomic mass is 9.88. The number of carboxylic acids is 1. The van der Waals surface area contributed by atoms with Gasteiger partial charge in [-0.25, -0.2) is 14.8 Å². The Hall–Kier alpha value is -4.06. The summed E-state index contributed by atoms with van der Waals surface area (Å²) in [7, 11) is 0. The van der Waals surface area contributed by atoms with E-state index in [-0.39, 0.29) is 35.4 Å². The van der Waals surface area contributed by atoms with Gasteiger partial charge in [-0.05, 0) is 37.1 Å². The standard InChI is InChI=1S/C28H36N6O6/c1-28(2,3)24-19(27(38)39)6-9-22(31-24)34-14-12-33(13-15-34)11-4-16-40-18-5-7-20(29-17-18)25(36)30-21-8-10-23(35)32-26(21)37/h5-7,9,17,21H,4,8,10-16H2,1-3H3,(H,30,36)(H,38,39)(H,32,35,37). The molecule has 0 spiro atoms.